The number of hydrogen-bond acceptors (Lipinski definition) is 4. The number of halogens is 2. The summed E-state index contributed by atoms with van der Waals surface area (Å²) in [5, 5.41) is 3.53. The van der Waals surface area contributed by atoms with Crippen molar-refractivity contribution in [1.82, 2.24) is 9.62 Å². The van der Waals surface area contributed by atoms with Gasteiger partial charge in [0.05, 0.1) is 5.75 Å². The zero-order valence-electron chi connectivity index (χ0n) is 15.8. The van der Waals surface area contributed by atoms with Gasteiger partial charge in [0.25, 0.3) is 0 Å². The topological polar surface area (TPSA) is 75.7 Å². The molecule has 1 amide bonds. The normalized spacial score (nSPS) is 18.9. The smallest absolute Gasteiger partial charge is 0.407 e. The molecule has 0 spiro atoms. The van der Waals surface area contributed by atoms with Gasteiger partial charge in [0.15, 0.2) is 0 Å². The molecule has 27 heavy (non-hydrogen) atoms. The van der Waals surface area contributed by atoms with Gasteiger partial charge < -0.3 is 10.1 Å². The first kappa shape index (κ1) is 22.3. The van der Waals surface area contributed by atoms with E-state index in [0.29, 0.717) is 35.2 Å². The molecule has 1 fully saturated rings. The first-order valence-electron chi connectivity index (χ1n) is 8.85. The van der Waals surface area contributed by atoms with E-state index in [4.69, 9.17) is 27.9 Å². The standard InChI is InChI=1S/C18H26Cl2N2O4S/c1-18(2,3)26-17(23)21-10-13-5-4-8-22(11-13)27(24,25)12-14-6-7-15(19)9-16(14)20/h6-7,9,13H,4-5,8,10-12H2,1-3H3,(H,21,23)/t13-/m0/s1. The van der Waals surface area contributed by atoms with Gasteiger partial charge in [-0.15, -0.1) is 0 Å². The van der Waals surface area contributed by atoms with Crippen molar-refractivity contribution in [2.75, 3.05) is 19.6 Å². The van der Waals surface area contributed by atoms with Gasteiger partial charge in [-0.2, -0.15) is 0 Å². The first-order valence-corrected chi connectivity index (χ1v) is 11.2. The number of alkyl carbamates (subject to hydrolysis) is 1. The molecule has 1 aliphatic rings. The van der Waals surface area contributed by atoms with E-state index in [9.17, 15) is 13.2 Å². The van der Waals surface area contributed by atoms with Crippen molar-refractivity contribution in [2.45, 2.75) is 45.0 Å². The lowest BCUT2D eigenvalue weighted by Gasteiger charge is -2.32. The number of nitrogens with one attached hydrogen (secondary N) is 1. The number of rotatable bonds is 5. The fourth-order valence-corrected chi connectivity index (χ4v) is 5.14. The van der Waals surface area contributed by atoms with Gasteiger partial charge in [-0.3, -0.25) is 0 Å². The molecule has 0 radical (unpaired) electrons. The molecule has 1 aromatic carbocycles. The Balaban J connectivity index is 1.95. The van der Waals surface area contributed by atoms with Crippen molar-refractivity contribution >= 4 is 39.3 Å². The number of carbonyl (C=O) groups is 1. The molecule has 2 rings (SSSR count). The SMILES string of the molecule is CC(C)(C)OC(=O)NC[C@@H]1CCCN(S(=O)(=O)Cc2ccc(Cl)cc2Cl)C1. The lowest BCUT2D eigenvalue weighted by molar-refractivity contribution is 0.0513. The Morgan fingerprint density at radius 1 is 1.33 bits per heavy atom. The maximum Gasteiger partial charge on any atom is 0.407 e. The second kappa shape index (κ2) is 8.99. The number of benzene rings is 1. The molecule has 9 heteroatoms. The predicted octanol–water partition coefficient (Wildman–Crippen LogP) is 4.06. The Bertz CT molecular complexity index is 778. The van der Waals surface area contributed by atoms with E-state index in [1.807, 2.05) is 0 Å². The molecule has 152 valence electrons. The number of ether oxygens (including phenoxy) is 1. The number of carbonyl (C=O) groups excluding carboxylic acids is 1. The molecule has 6 nitrogen and oxygen atoms in total. The zero-order chi connectivity index (χ0) is 20.2. The lowest BCUT2D eigenvalue weighted by atomic mass is 10.00. The van der Waals surface area contributed by atoms with Crippen LogP contribution in [0, 0.1) is 5.92 Å². The highest BCUT2D eigenvalue weighted by atomic mass is 35.5. The van der Waals surface area contributed by atoms with Gasteiger partial charge in [0.2, 0.25) is 10.0 Å². The van der Waals surface area contributed by atoms with Gasteiger partial charge >= 0.3 is 6.09 Å². The third-order valence-electron chi connectivity index (χ3n) is 4.16. The van der Waals surface area contributed by atoms with Crippen molar-refractivity contribution in [3.05, 3.63) is 33.8 Å². The monoisotopic (exact) mass is 436 g/mol. The van der Waals surface area contributed by atoms with Gasteiger partial charge in [-0.25, -0.2) is 17.5 Å². The molecular formula is C18H26Cl2N2O4S. The van der Waals surface area contributed by atoms with E-state index in [0.717, 1.165) is 12.8 Å². The Kier molecular flexibility index (Phi) is 7.41. The van der Waals surface area contributed by atoms with Crippen LogP contribution in [0.1, 0.15) is 39.2 Å². The van der Waals surface area contributed by atoms with Crippen molar-refractivity contribution in [1.29, 1.82) is 0 Å². The maximum atomic E-state index is 12.8. The molecule has 1 aliphatic heterocycles. The Hall–Kier alpha value is -1.02. The van der Waals surface area contributed by atoms with Crippen LogP contribution in [0.3, 0.4) is 0 Å². The minimum absolute atomic E-state index is 0.0433. The van der Waals surface area contributed by atoms with Gasteiger partial charge in [0.1, 0.15) is 5.60 Å². The summed E-state index contributed by atoms with van der Waals surface area (Å²) in [6, 6.07) is 4.80. The summed E-state index contributed by atoms with van der Waals surface area (Å²) >= 11 is 12.0. The molecule has 0 bridgehead atoms. The van der Waals surface area contributed by atoms with Crippen LogP contribution >= 0.6 is 23.2 Å². The van der Waals surface area contributed by atoms with Crippen molar-refractivity contribution in [3.63, 3.8) is 0 Å². The summed E-state index contributed by atoms with van der Waals surface area (Å²) in [6.07, 6.45) is 1.10. The second-order valence-electron chi connectivity index (χ2n) is 7.74. The molecule has 1 saturated heterocycles. The minimum Gasteiger partial charge on any atom is -0.444 e. The van der Waals surface area contributed by atoms with E-state index in [2.05, 4.69) is 5.32 Å². The molecule has 0 unspecified atom stereocenters. The quantitative estimate of drug-likeness (QED) is 0.754. The highest BCUT2D eigenvalue weighted by Gasteiger charge is 2.30. The third kappa shape index (κ3) is 7.14. The van der Waals surface area contributed by atoms with Crippen LogP contribution in [-0.4, -0.2) is 44.1 Å². The van der Waals surface area contributed by atoms with E-state index >= 15 is 0 Å². The molecule has 1 atom stereocenters. The summed E-state index contributed by atoms with van der Waals surface area (Å²) < 4.78 is 32.3. The molecule has 1 N–H and O–H groups in total. The number of hydrogen-bond donors (Lipinski definition) is 1. The summed E-state index contributed by atoms with van der Waals surface area (Å²) in [6.45, 7) is 6.60. The van der Waals surface area contributed by atoms with E-state index in [1.54, 1.807) is 32.9 Å². The average Bonchev–Trinajstić information content (AvgIpc) is 2.54. The van der Waals surface area contributed by atoms with E-state index in [1.165, 1.54) is 10.4 Å². The minimum atomic E-state index is -3.51. The summed E-state index contributed by atoms with van der Waals surface area (Å²) in [5.41, 5.74) is -0.0424. The van der Waals surface area contributed by atoms with Crippen LogP contribution in [0.15, 0.2) is 18.2 Å². The molecule has 0 saturated carbocycles. The Morgan fingerprint density at radius 2 is 2.04 bits per heavy atom. The fraction of sp³-hybridized carbons (Fsp3) is 0.611. The average molecular weight is 437 g/mol. The second-order valence-corrected chi connectivity index (χ2v) is 10.6. The molecule has 0 aliphatic carbocycles. The van der Waals surface area contributed by atoms with Crippen LogP contribution in [0.5, 0.6) is 0 Å². The summed E-state index contributed by atoms with van der Waals surface area (Å²) in [5.74, 6) is -0.128. The number of amides is 1. The number of nitrogens with zero attached hydrogens (tertiary/aromatic N) is 1. The van der Waals surface area contributed by atoms with Crippen molar-refractivity contribution < 1.29 is 17.9 Å². The van der Waals surface area contributed by atoms with E-state index in [-0.39, 0.29) is 11.7 Å². The van der Waals surface area contributed by atoms with Gasteiger partial charge in [-0.1, -0.05) is 29.3 Å². The fourth-order valence-electron chi connectivity index (χ4n) is 2.91. The maximum absolute atomic E-state index is 12.8. The lowest BCUT2D eigenvalue weighted by Crippen LogP contribution is -2.44. The first-order chi connectivity index (χ1) is 12.5. The molecule has 1 heterocycles. The van der Waals surface area contributed by atoms with Gasteiger partial charge in [-0.05, 0) is 57.2 Å². The highest BCUT2D eigenvalue weighted by Crippen LogP contribution is 2.26. The Labute approximate surface area is 171 Å². The third-order valence-corrected chi connectivity index (χ3v) is 6.54. The molecule has 0 aromatic heterocycles. The number of sulfonamides is 1. The van der Waals surface area contributed by atoms with Crippen molar-refractivity contribution in [3.8, 4) is 0 Å². The van der Waals surface area contributed by atoms with Gasteiger partial charge in [0, 0.05) is 29.7 Å². The van der Waals surface area contributed by atoms with Crippen LogP contribution in [0.25, 0.3) is 0 Å². The molecule has 1 aromatic rings. The van der Waals surface area contributed by atoms with E-state index < -0.39 is 21.7 Å². The highest BCUT2D eigenvalue weighted by molar-refractivity contribution is 7.88. The summed E-state index contributed by atoms with van der Waals surface area (Å²) in [7, 11) is -3.51. The zero-order valence-corrected chi connectivity index (χ0v) is 18.1. The van der Waals surface area contributed by atoms with Crippen LogP contribution in [0.2, 0.25) is 10.0 Å². The van der Waals surface area contributed by atoms with Crippen LogP contribution in [0.4, 0.5) is 4.79 Å². The van der Waals surface area contributed by atoms with Crippen molar-refractivity contribution in [2.24, 2.45) is 5.92 Å². The Morgan fingerprint density at radius 3 is 2.67 bits per heavy atom. The van der Waals surface area contributed by atoms with Crippen LogP contribution in [-0.2, 0) is 20.5 Å². The van der Waals surface area contributed by atoms with Crippen LogP contribution < -0.4 is 5.32 Å². The molecular weight excluding hydrogens is 411 g/mol. The predicted molar refractivity (Wildman–Crippen MR) is 108 cm³/mol. The number of piperidine rings is 1. The summed E-state index contributed by atoms with van der Waals surface area (Å²) in [4.78, 5) is 11.8. The largest absolute Gasteiger partial charge is 0.444 e.